The molecule has 0 saturated heterocycles. The molecule has 1 atom stereocenters. The number of nitro groups is 1. The SMILES string of the molecule is Cc1ccc(NC(C)c2ccc(F)c(Cl)c2)c([N+](=O)[O-])c1. The van der Waals surface area contributed by atoms with Crippen LogP contribution in [0.4, 0.5) is 15.8 Å². The second-order valence-electron chi connectivity index (χ2n) is 4.82. The van der Waals surface area contributed by atoms with E-state index in [2.05, 4.69) is 5.32 Å². The van der Waals surface area contributed by atoms with E-state index in [1.807, 2.05) is 6.92 Å². The lowest BCUT2D eigenvalue weighted by molar-refractivity contribution is -0.384. The average Bonchev–Trinajstić information content (AvgIpc) is 2.43. The summed E-state index contributed by atoms with van der Waals surface area (Å²) < 4.78 is 13.2. The van der Waals surface area contributed by atoms with Gasteiger partial charge in [0.15, 0.2) is 0 Å². The van der Waals surface area contributed by atoms with Crippen molar-refractivity contribution in [2.45, 2.75) is 19.9 Å². The van der Waals surface area contributed by atoms with Gasteiger partial charge in [0, 0.05) is 12.1 Å². The number of halogens is 2. The molecular formula is C15H14ClFN2O2. The molecular weight excluding hydrogens is 295 g/mol. The van der Waals surface area contributed by atoms with Crippen LogP contribution >= 0.6 is 11.6 Å². The summed E-state index contributed by atoms with van der Waals surface area (Å²) in [6.45, 7) is 3.62. The Balaban J connectivity index is 2.29. The lowest BCUT2D eigenvalue weighted by Crippen LogP contribution is -2.08. The third-order valence-corrected chi connectivity index (χ3v) is 3.46. The van der Waals surface area contributed by atoms with Crippen molar-refractivity contribution in [2.75, 3.05) is 5.32 Å². The highest BCUT2D eigenvalue weighted by atomic mass is 35.5. The number of hydrogen-bond acceptors (Lipinski definition) is 3. The summed E-state index contributed by atoms with van der Waals surface area (Å²) >= 11 is 5.75. The highest BCUT2D eigenvalue weighted by Crippen LogP contribution is 2.30. The fourth-order valence-corrected chi connectivity index (χ4v) is 2.20. The summed E-state index contributed by atoms with van der Waals surface area (Å²) in [4.78, 5) is 10.7. The molecule has 0 heterocycles. The monoisotopic (exact) mass is 308 g/mol. The minimum Gasteiger partial charge on any atom is -0.373 e. The zero-order valence-corrected chi connectivity index (χ0v) is 12.3. The first kappa shape index (κ1) is 15.3. The third-order valence-electron chi connectivity index (χ3n) is 3.17. The van der Waals surface area contributed by atoms with E-state index >= 15 is 0 Å². The first-order valence-electron chi connectivity index (χ1n) is 6.35. The largest absolute Gasteiger partial charge is 0.373 e. The second-order valence-corrected chi connectivity index (χ2v) is 5.22. The van der Waals surface area contributed by atoms with Gasteiger partial charge >= 0.3 is 0 Å². The van der Waals surface area contributed by atoms with Crippen LogP contribution in [-0.4, -0.2) is 4.92 Å². The Morgan fingerprint density at radius 3 is 2.62 bits per heavy atom. The molecule has 2 aromatic carbocycles. The van der Waals surface area contributed by atoms with Gasteiger partial charge in [-0.15, -0.1) is 0 Å². The number of benzene rings is 2. The van der Waals surface area contributed by atoms with Gasteiger partial charge in [-0.1, -0.05) is 23.7 Å². The topological polar surface area (TPSA) is 55.2 Å². The molecule has 2 aromatic rings. The van der Waals surface area contributed by atoms with Crippen LogP contribution in [0.25, 0.3) is 0 Å². The van der Waals surface area contributed by atoms with Crippen LogP contribution in [0.15, 0.2) is 36.4 Å². The Labute approximate surface area is 126 Å². The van der Waals surface area contributed by atoms with Crippen molar-refractivity contribution in [1.29, 1.82) is 0 Å². The highest BCUT2D eigenvalue weighted by molar-refractivity contribution is 6.30. The van der Waals surface area contributed by atoms with Crippen molar-refractivity contribution in [3.05, 3.63) is 68.5 Å². The van der Waals surface area contributed by atoms with Crippen molar-refractivity contribution in [3.8, 4) is 0 Å². The Morgan fingerprint density at radius 1 is 1.29 bits per heavy atom. The standard InChI is InChI=1S/C15H14ClFN2O2/c1-9-3-6-14(15(7-9)19(20)21)18-10(2)11-4-5-13(17)12(16)8-11/h3-8,10,18H,1-2H3. The summed E-state index contributed by atoms with van der Waals surface area (Å²) in [6.07, 6.45) is 0. The van der Waals surface area contributed by atoms with E-state index in [0.29, 0.717) is 5.69 Å². The van der Waals surface area contributed by atoms with Gasteiger partial charge in [-0.2, -0.15) is 0 Å². The quantitative estimate of drug-likeness (QED) is 0.647. The number of hydrogen-bond donors (Lipinski definition) is 1. The van der Waals surface area contributed by atoms with Gasteiger partial charge in [-0.3, -0.25) is 10.1 Å². The first-order valence-corrected chi connectivity index (χ1v) is 6.73. The predicted octanol–water partition coefficient (Wildman–Crippen LogP) is 4.87. The van der Waals surface area contributed by atoms with Gasteiger partial charge in [0.2, 0.25) is 0 Å². The van der Waals surface area contributed by atoms with Gasteiger partial charge in [-0.25, -0.2) is 4.39 Å². The van der Waals surface area contributed by atoms with E-state index in [0.717, 1.165) is 11.1 Å². The van der Waals surface area contributed by atoms with Crippen LogP contribution in [0, 0.1) is 22.9 Å². The first-order chi connectivity index (χ1) is 9.88. The molecule has 0 fully saturated rings. The molecule has 1 N–H and O–H groups in total. The van der Waals surface area contributed by atoms with Gasteiger partial charge in [0.05, 0.1) is 9.95 Å². The van der Waals surface area contributed by atoms with E-state index in [-0.39, 0.29) is 16.8 Å². The van der Waals surface area contributed by atoms with E-state index < -0.39 is 10.7 Å². The summed E-state index contributed by atoms with van der Waals surface area (Å²) in [7, 11) is 0. The van der Waals surface area contributed by atoms with Crippen LogP contribution < -0.4 is 5.32 Å². The van der Waals surface area contributed by atoms with Crippen LogP contribution in [0.2, 0.25) is 5.02 Å². The molecule has 0 aliphatic rings. The Hall–Kier alpha value is -2.14. The summed E-state index contributed by atoms with van der Waals surface area (Å²) in [5, 5.41) is 14.2. The molecule has 0 aliphatic carbocycles. The average molecular weight is 309 g/mol. The normalized spacial score (nSPS) is 12.0. The summed E-state index contributed by atoms with van der Waals surface area (Å²) in [5.74, 6) is -0.492. The number of rotatable bonds is 4. The highest BCUT2D eigenvalue weighted by Gasteiger charge is 2.16. The Kier molecular flexibility index (Phi) is 4.43. The molecule has 2 rings (SSSR count). The van der Waals surface area contributed by atoms with E-state index in [9.17, 15) is 14.5 Å². The van der Waals surface area contributed by atoms with E-state index in [4.69, 9.17) is 11.6 Å². The molecule has 110 valence electrons. The molecule has 0 bridgehead atoms. The lowest BCUT2D eigenvalue weighted by atomic mass is 10.1. The molecule has 4 nitrogen and oxygen atoms in total. The van der Waals surface area contributed by atoms with Gasteiger partial charge in [0.25, 0.3) is 5.69 Å². The van der Waals surface area contributed by atoms with Crippen LogP contribution in [0.1, 0.15) is 24.1 Å². The fourth-order valence-electron chi connectivity index (χ4n) is 2.01. The second kappa shape index (κ2) is 6.10. The number of nitro benzene ring substituents is 1. The van der Waals surface area contributed by atoms with Crippen molar-refractivity contribution in [2.24, 2.45) is 0 Å². The number of aryl methyl sites for hydroxylation is 1. The molecule has 0 aromatic heterocycles. The van der Waals surface area contributed by atoms with Crippen LogP contribution in [0.5, 0.6) is 0 Å². The summed E-state index contributed by atoms with van der Waals surface area (Å²) in [6, 6.07) is 9.10. The maximum atomic E-state index is 13.2. The molecule has 6 heteroatoms. The molecule has 0 amide bonds. The number of anilines is 1. The van der Waals surface area contributed by atoms with Crippen molar-refractivity contribution < 1.29 is 9.31 Å². The zero-order valence-electron chi connectivity index (χ0n) is 11.6. The molecule has 0 radical (unpaired) electrons. The molecule has 1 unspecified atom stereocenters. The van der Waals surface area contributed by atoms with E-state index in [1.54, 1.807) is 25.1 Å². The van der Waals surface area contributed by atoms with E-state index in [1.165, 1.54) is 18.2 Å². The van der Waals surface area contributed by atoms with Crippen LogP contribution in [-0.2, 0) is 0 Å². The Bertz CT molecular complexity index is 691. The number of nitrogens with zero attached hydrogens (tertiary/aromatic N) is 1. The lowest BCUT2D eigenvalue weighted by Gasteiger charge is -2.16. The van der Waals surface area contributed by atoms with Gasteiger partial charge < -0.3 is 5.32 Å². The predicted molar refractivity (Wildman–Crippen MR) is 81.3 cm³/mol. The minimum atomic E-state index is -0.492. The molecule has 0 spiro atoms. The zero-order chi connectivity index (χ0) is 15.6. The minimum absolute atomic E-state index is 0.00931. The van der Waals surface area contributed by atoms with Crippen molar-refractivity contribution in [1.82, 2.24) is 0 Å². The number of nitrogens with one attached hydrogen (secondary N) is 1. The van der Waals surface area contributed by atoms with Crippen molar-refractivity contribution in [3.63, 3.8) is 0 Å². The smallest absolute Gasteiger partial charge is 0.292 e. The summed E-state index contributed by atoms with van der Waals surface area (Å²) in [5.41, 5.74) is 1.98. The van der Waals surface area contributed by atoms with Crippen LogP contribution in [0.3, 0.4) is 0 Å². The molecule has 21 heavy (non-hydrogen) atoms. The van der Waals surface area contributed by atoms with Crippen molar-refractivity contribution >= 4 is 23.0 Å². The third kappa shape index (κ3) is 3.49. The maximum absolute atomic E-state index is 13.2. The molecule has 0 aliphatic heterocycles. The maximum Gasteiger partial charge on any atom is 0.292 e. The van der Waals surface area contributed by atoms with Gasteiger partial charge in [-0.05, 0) is 43.2 Å². The molecule has 0 saturated carbocycles. The Morgan fingerprint density at radius 2 is 2.00 bits per heavy atom. The van der Waals surface area contributed by atoms with Gasteiger partial charge in [0.1, 0.15) is 11.5 Å². The fraction of sp³-hybridized carbons (Fsp3) is 0.200.